The van der Waals surface area contributed by atoms with Crippen molar-refractivity contribution in [3.63, 3.8) is 0 Å². The molecule has 0 saturated heterocycles. The number of methoxy groups -OCH3 is 2. The molecule has 0 amide bonds. The molecule has 1 heterocycles. The molecule has 1 aliphatic carbocycles. The first-order valence-electron chi connectivity index (χ1n) is 10.7. The van der Waals surface area contributed by atoms with Crippen LogP contribution in [0.4, 0.5) is 11.5 Å². The molecule has 1 fully saturated rings. The lowest BCUT2D eigenvalue weighted by Gasteiger charge is -2.34. The molecule has 0 bridgehead atoms. The van der Waals surface area contributed by atoms with E-state index in [1.165, 1.54) is 37.9 Å². The fraction of sp³-hybridized carbons (Fsp3) is 0.500. The monoisotopic (exact) mass is 495 g/mol. The largest absolute Gasteiger partial charge is 0.468 e. The van der Waals surface area contributed by atoms with Gasteiger partial charge in [-0.15, -0.1) is 0 Å². The summed E-state index contributed by atoms with van der Waals surface area (Å²) < 4.78 is 41.6. The number of carbonyl (C=O) groups excluding carboxylic acids is 2. The minimum absolute atomic E-state index is 0.0694. The average molecular weight is 496 g/mol. The van der Waals surface area contributed by atoms with Gasteiger partial charge in [-0.3, -0.25) is 14.3 Å². The number of sulfonamides is 1. The van der Waals surface area contributed by atoms with Gasteiger partial charge in [-0.1, -0.05) is 19.3 Å². The van der Waals surface area contributed by atoms with Crippen molar-refractivity contribution in [1.82, 2.24) is 4.37 Å². The number of carbonyl (C=O) groups is 2. The highest BCUT2D eigenvalue weighted by Gasteiger charge is 2.41. The molecule has 1 saturated carbocycles. The van der Waals surface area contributed by atoms with Gasteiger partial charge >= 0.3 is 11.9 Å². The van der Waals surface area contributed by atoms with Crippen LogP contribution in [0, 0.1) is 18.8 Å². The first-order chi connectivity index (χ1) is 15.7. The molecule has 2 aromatic rings. The summed E-state index contributed by atoms with van der Waals surface area (Å²) in [5, 5.41) is 3.28. The lowest BCUT2D eigenvalue weighted by atomic mass is 9.78. The van der Waals surface area contributed by atoms with Crippen LogP contribution in [0.25, 0.3) is 0 Å². The van der Waals surface area contributed by atoms with Crippen LogP contribution in [0.2, 0.25) is 0 Å². The van der Waals surface area contributed by atoms with Crippen molar-refractivity contribution in [1.29, 1.82) is 0 Å². The molecule has 0 unspecified atom stereocenters. The van der Waals surface area contributed by atoms with Crippen LogP contribution in [0.3, 0.4) is 0 Å². The Labute approximate surface area is 198 Å². The van der Waals surface area contributed by atoms with Gasteiger partial charge in [0.15, 0.2) is 11.7 Å². The molecular weight excluding hydrogens is 466 g/mol. The van der Waals surface area contributed by atoms with Crippen LogP contribution in [-0.2, 0) is 29.1 Å². The molecule has 1 atom stereocenters. The fourth-order valence-corrected chi connectivity index (χ4v) is 5.70. The highest BCUT2D eigenvalue weighted by atomic mass is 32.2. The van der Waals surface area contributed by atoms with Crippen molar-refractivity contribution in [2.24, 2.45) is 11.8 Å². The minimum atomic E-state index is -3.80. The molecule has 0 radical (unpaired) electrons. The number of hydrogen-bond donors (Lipinski definition) is 2. The fourth-order valence-electron chi connectivity index (χ4n) is 4.14. The van der Waals surface area contributed by atoms with Crippen molar-refractivity contribution in [2.75, 3.05) is 24.3 Å². The van der Waals surface area contributed by atoms with E-state index in [0.29, 0.717) is 5.69 Å². The van der Waals surface area contributed by atoms with Gasteiger partial charge in [0.2, 0.25) is 0 Å². The highest BCUT2D eigenvalue weighted by molar-refractivity contribution is 7.92. The normalized spacial score (nSPS) is 15.6. The van der Waals surface area contributed by atoms with Crippen LogP contribution in [-0.4, -0.2) is 45.0 Å². The molecule has 1 aromatic carbocycles. The van der Waals surface area contributed by atoms with E-state index >= 15 is 0 Å². The van der Waals surface area contributed by atoms with Gasteiger partial charge in [0.25, 0.3) is 10.0 Å². The second-order valence-electron chi connectivity index (χ2n) is 8.04. The average Bonchev–Trinajstić information content (AvgIpc) is 3.22. The van der Waals surface area contributed by atoms with Crippen molar-refractivity contribution in [3.05, 3.63) is 35.2 Å². The zero-order chi connectivity index (χ0) is 24.0. The summed E-state index contributed by atoms with van der Waals surface area (Å²) in [7, 11) is -1.31. The number of aromatic nitrogens is 1. The topological polar surface area (TPSA) is 124 Å². The van der Waals surface area contributed by atoms with Gasteiger partial charge in [0, 0.05) is 10.6 Å². The maximum absolute atomic E-state index is 12.7. The van der Waals surface area contributed by atoms with E-state index in [1.54, 1.807) is 18.2 Å². The van der Waals surface area contributed by atoms with Gasteiger partial charge in [-0.25, -0.2) is 8.42 Å². The van der Waals surface area contributed by atoms with E-state index in [9.17, 15) is 18.0 Å². The van der Waals surface area contributed by atoms with E-state index in [4.69, 9.17) is 9.47 Å². The number of ether oxygens (including phenoxy) is 2. The van der Waals surface area contributed by atoms with E-state index in [-0.39, 0.29) is 16.6 Å². The molecule has 0 spiro atoms. The molecule has 1 aliphatic rings. The standard InChI is InChI=1S/C22H29N3O6S2/c1-14-13-18(24-32-14)25-33(28,29)17-11-9-16(10-12-17)23-20(15-7-5-4-6-8-15)19(21(26)30-2)22(27)31-3/h9-13,15,19-20,23H,4-8H2,1-3H3,(H,24,25)/t20-/m0/s1. The molecule has 11 heteroatoms. The van der Waals surface area contributed by atoms with Crippen LogP contribution >= 0.6 is 11.5 Å². The Morgan fingerprint density at radius 1 is 1.06 bits per heavy atom. The summed E-state index contributed by atoms with van der Waals surface area (Å²) in [5.74, 6) is -2.10. The summed E-state index contributed by atoms with van der Waals surface area (Å²) >= 11 is 1.21. The number of anilines is 2. The van der Waals surface area contributed by atoms with E-state index in [2.05, 4.69) is 14.4 Å². The third-order valence-corrected chi connectivity index (χ3v) is 7.86. The quantitative estimate of drug-likeness (QED) is 0.400. The number of hydrogen-bond acceptors (Lipinski definition) is 9. The number of rotatable bonds is 9. The molecule has 9 nitrogen and oxygen atoms in total. The first kappa shape index (κ1) is 25.0. The zero-order valence-corrected chi connectivity index (χ0v) is 20.5. The smallest absolute Gasteiger partial charge is 0.322 e. The van der Waals surface area contributed by atoms with Gasteiger partial charge in [-0.05, 0) is 67.5 Å². The van der Waals surface area contributed by atoms with Crippen LogP contribution < -0.4 is 10.0 Å². The van der Waals surface area contributed by atoms with Crippen LogP contribution in [0.1, 0.15) is 37.0 Å². The maximum Gasteiger partial charge on any atom is 0.322 e. The lowest BCUT2D eigenvalue weighted by molar-refractivity contribution is -0.160. The third-order valence-electron chi connectivity index (χ3n) is 5.79. The van der Waals surface area contributed by atoms with Crippen LogP contribution in [0.15, 0.2) is 35.2 Å². The predicted molar refractivity (Wildman–Crippen MR) is 126 cm³/mol. The number of esters is 2. The Bertz CT molecular complexity index is 1050. The molecule has 3 rings (SSSR count). The maximum atomic E-state index is 12.7. The van der Waals surface area contributed by atoms with Gasteiger partial charge < -0.3 is 14.8 Å². The summed E-state index contributed by atoms with van der Waals surface area (Å²) in [5.41, 5.74) is 0.590. The van der Waals surface area contributed by atoms with Crippen molar-refractivity contribution >= 4 is 45.0 Å². The first-order valence-corrected chi connectivity index (χ1v) is 13.0. The third kappa shape index (κ3) is 6.23. The summed E-state index contributed by atoms with van der Waals surface area (Å²) in [4.78, 5) is 26.0. The minimum Gasteiger partial charge on any atom is -0.468 e. The Kier molecular flexibility index (Phi) is 8.30. The Hall–Kier alpha value is -2.66. The second-order valence-corrected chi connectivity index (χ2v) is 10.7. The molecule has 33 heavy (non-hydrogen) atoms. The van der Waals surface area contributed by atoms with Crippen molar-refractivity contribution in [3.8, 4) is 0 Å². The molecule has 2 N–H and O–H groups in total. The van der Waals surface area contributed by atoms with Gasteiger partial charge in [-0.2, -0.15) is 4.37 Å². The number of benzene rings is 1. The van der Waals surface area contributed by atoms with E-state index in [0.717, 1.165) is 37.0 Å². The predicted octanol–water partition coefficient (Wildman–Crippen LogP) is 3.58. The van der Waals surface area contributed by atoms with Gasteiger partial charge in [0.05, 0.1) is 25.2 Å². The van der Waals surface area contributed by atoms with E-state index < -0.39 is 33.9 Å². The number of nitrogens with one attached hydrogen (secondary N) is 2. The number of aryl methyl sites for hydroxylation is 1. The Morgan fingerprint density at radius 3 is 2.18 bits per heavy atom. The van der Waals surface area contributed by atoms with Crippen LogP contribution in [0.5, 0.6) is 0 Å². The highest BCUT2D eigenvalue weighted by Crippen LogP contribution is 2.33. The Morgan fingerprint density at radius 2 is 1.67 bits per heavy atom. The second kappa shape index (κ2) is 11.0. The number of nitrogens with zero attached hydrogens (tertiary/aromatic N) is 1. The summed E-state index contributed by atoms with van der Waals surface area (Å²) in [6.45, 7) is 1.84. The van der Waals surface area contributed by atoms with E-state index in [1.807, 2.05) is 6.92 Å². The van der Waals surface area contributed by atoms with Gasteiger partial charge in [0.1, 0.15) is 0 Å². The van der Waals surface area contributed by atoms with Crippen molar-refractivity contribution < 1.29 is 27.5 Å². The Balaban J connectivity index is 1.83. The summed E-state index contributed by atoms with van der Waals surface area (Å²) in [6.07, 6.45) is 4.87. The molecular formula is C22H29N3O6S2. The summed E-state index contributed by atoms with van der Waals surface area (Å²) in [6, 6.07) is 7.28. The molecule has 180 valence electrons. The molecule has 1 aromatic heterocycles. The molecule has 0 aliphatic heterocycles. The van der Waals surface area contributed by atoms with Crippen molar-refractivity contribution in [2.45, 2.75) is 50.0 Å². The SMILES string of the molecule is COC(=O)C(C(=O)OC)[C@@H](Nc1ccc(S(=O)(=O)Nc2cc(C)sn2)cc1)C1CCCCC1. The zero-order valence-electron chi connectivity index (χ0n) is 18.9. The lowest BCUT2D eigenvalue weighted by Crippen LogP contribution is -2.46.